The van der Waals surface area contributed by atoms with E-state index in [2.05, 4.69) is 59.2 Å². The normalized spacial score (nSPS) is 15.1. The molecule has 0 saturated heterocycles. The van der Waals surface area contributed by atoms with Crippen LogP contribution in [0.3, 0.4) is 0 Å². The number of rotatable bonds is 9. The highest BCUT2D eigenvalue weighted by Gasteiger charge is 2.22. The Balaban J connectivity index is 1.37. The number of aromatic nitrogens is 4. The van der Waals surface area contributed by atoms with Crippen LogP contribution in [0, 0.1) is 18.8 Å². The molecule has 43 heavy (non-hydrogen) atoms. The number of H-pyrrole nitrogens is 1. The summed E-state index contributed by atoms with van der Waals surface area (Å²) in [4.78, 5) is 35.5. The Morgan fingerprint density at radius 2 is 1.88 bits per heavy atom. The van der Waals surface area contributed by atoms with E-state index in [1.807, 2.05) is 24.5 Å². The number of carbonyl (C=O) groups excluding carboxylic acids is 1. The van der Waals surface area contributed by atoms with Crippen LogP contribution in [0.1, 0.15) is 69.3 Å². The van der Waals surface area contributed by atoms with Gasteiger partial charge in [-0.25, -0.2) is 4.98 Å². The van der Waals surface area contributed by atoms with Crippen LogP contribution < -0.4 is 5.32 Å². The molecule has 0 spiro atoms. The summed E-state index contributed by atoms with van der Waals surface area (Å²) < 4.78 is 5.33. The van der Waals surface area contributed by atoms with Crippen LogP contribution in [0.2, 0.25) is 0 Å². The number of carbonyl (C=O) groups is 1. The van der Waals surface area contributed by atoms with Gasteiger partial charge in [0.05, 0.1) is 36.1 Å². The van der Waals surface area contributed by atoms with Crippen molar-refractivity contribution in [2.75, 3.05) is 11.9 Å². The van der Waals surface area contributed by atoms with Crippen molar-refractivity contribution in [3.63, 3.8) is 0 Å². The summed E-state index contributed by atoms with van der Waals surface area (Å²) in [5, 5.41) is 3.11. The van der Waals surface area contributed by atoms with Crippen LogP contribution in [0.15, 0.2) is 77.1 Å². The number of aryl methyl sites for hydroxylation is 1. The highest BCUT2D eigenvalue weighted by molar-refractivity contribution is 6.13. The van der Waals surface area contributed by atoms with Gasteiger partial charge < -0.3 is 14.7 Å². The predicted octanol–water partition coefficient (Wildman–Crippen LogP) is 7.99. The number of hydrogen-bond donors (Lipinski definition) is 2. The van der Waals surface area contributed by atoms with Crippen LogP contribution in [-0.4, -0.2) is 38.1 Å². The molecule has 6 rings (SSSR count). The van der Waals surface area contributed by atoms with Crippen molar-refractivity contribution in [1.29, 1.82) is 0 Å². The fraction of sp³-hybridized carbons (Fsp3) is 0.343. The lowest BCUT2D eigenvalue weighted by molar-refractivity contribution is -0.120. The van der Waals surface area contributed by atoms with Gasteiger partial charge in [0.1, 0.15) is 11.2 Å². The van der Waals surface area contributed by atoms with Gasteiger partial charge in [0.25, 0.3) is 0 Å². The first-order valence-electron chi connectivity index (χ1n) is 15.3. The van der Waals surface area contributed by atoms with E-state index in [0.717, 1.165) is 87.9 Å². The standard InChI is InChI=1S/C35H38N6O2/c1-4-22(2)16-38-33(34-40-31-20-37-19-30(32(31)41-34)26-12-13-43-21-26)29-15-25(11-10-23(29)3)27-14-28(18-36-17-27)39-35(42)24-8-6-5-7-9-24/h10-15,17-22,24H,4-9,16H2,1-3H3,(H,39,42)(H,40,41)/b38-33+/t22-/m0/s1. The van der Waals surface area contributed by atoms with Crippen LogP contribution in [0.4, 0.5) is 5.69 Å². The summed E-state index contributed by atoms with van der Waals surface area (Å²) in [6, 6.07) is 10.3. The molecule has 1 saturated carbocycles. The Morgan fingerprint density at radius 3 is 2.67 bits per heavy atom. The maximum absolute atomic E-state index is 12.9. The molecule has 1 aliphatic carbocycles. The number of aliphatic imine (C=N–C) groups is 1. The lowest BCUT2D eigenvalue weighted by Crippen LogP contribution is -2.24. The van der Waals surface area contributed by atoms with E-state index in [1.54, 1.807) is 24.9 Å². The summed E-state index contributed by atoms with van der Waals surface area (Å²) >= 11 is 0. The third-order valence-corrected chi connectivity index (χ3v) is 8.52. The largest absolute Gasteiger partial charge is 0.472 e. The number of anilines is 1. The van der Waals surface area contributed by atoms with Crippen molar-refractivity contribution in [3.8, 4) is 22.3 Å². The van der Waals surface area contributed by atoms with Gasteiger partial charge in [0.15, 0.2) is 5.82 Å². The van der Waals surface area contributed by atoms with Gasteiger partial charge in [-0.3, -0.25) is 19.8 Å². The zero-order chi connectivity index (χ0) is 29.8. The third kappa shape index (κ3) is 6.28. The molecule has 1 aromatic carbocycles. The van der Waals surface area contributed by atoms with Crippen molar-refractivity contribution in [2.24, 2.45) is 16.8 Å². The fourth-order valence-corrected chi connectivity index (χ4v) is 5.67. The van der Waals surface area contributed by atoms with E-state index >= 15 is 0 Å². The molecule has 2 N–H and O–H groups in total. The minimum atomic E-state index is 0.0840. The van der Waals surface area contributed by atoms with Gasteiger partial charge in [-0.05, 0) is 55.0 Å². The molecular weight excluding hydrogens is 536 g/mol. The molecule has 220 valence electrons. The monoisotopic (exact) mass is 574 g/mol. The van der Waals surface area contributed by atoms with E-state index in [4.69, 9.17) is 14.4 Å². The molecule has 4 heterocycles. The summed E-state index contributed by atoms with van der Waals surface area (Å²) in [5.41, 5.74) is 9.03. The second-order valence-electron chi connectivity index (χ2n) is 11.7. The number of aromatic amines is 1. The number of benzene rings is 1. The van der Waals surface area contributed by atoms with Gasteiger partial charge >= 0.3 is 0 Å². The third-order valence-electron chi connectivity index (χ3n) is 8.52. The molecule has 8 heteroatoms. The van der Waals surface area contributed by atoms with Gasteiger partial charge in [0.2, 0.25) is 5.91 Å². The molecule has 8 nitrogen and oxygen atoms in total. The van der Waals surface area contributed by atoms with E-state index in [9.17, 15) is 4.79 Å². The topological polar surface area (TPSA) is 109 Å². The fourth-order valence-electron chi connectivity index (χ4n) is 5.67. The first-order valence-corrected chi connectivity index (χ1v) is 15.3. The molecule has 0 unspecified atom stereocenters. The van der Waals surface area contributed by atoms with Crippen molar-refractivity contribution >= 4 is 28.3 Å². The van der Waals surface area contributed by atoms with Crippen molar-refractivity contribution in [1.82, 2.24) is 19.9 Å². The molecule has 1 atom stereocenters. The van der Waals surface area contributed by atoms with Crippen molar-refractivity contribution < 1.29 is 9.21 Å². The number of nitrogens with one attached hydrogen (secondary N) is 2. The number of fused-ring (bicyclic) bond motifs is 1. The number of furan rings is 1. The lowest BCUT2D eigenvalue weighted by Gasteiger charge is -2.20. The maximum Gasteiger partial charge on any atom is 0.227 e. The summed E-state index contributed by atoms with van der Waals surface area (Å²) in [6.45, 7) is 7.17. The average molecular weight is 575 g/mol. The Hall–Kier alpha value is -4.59. The van der Waals surface area contributed by atoms with Crippen LogP contribution in [-0.2, 0) is 4.79 Å². The van der Waals surface area contributed by atoms with E-state index < -0.39 is 0 Å². The Morgan fingerprint density at radius 1 is 1.05 bits per heavy atom. The molecule has 0 aliphatic heterocycles. The SMILES string of the molecule is CC[C@H](C)C/N=C(/c1nc2c(-c3ccoc3)cncc2[nH]1)c1cc(-c2cncc(NC(=O)C3CCCCC3)c2)ccc1C. The van der Waals surface area contributed by atoms with Crippen molar-refractivity contribution in [3.05, 3.63) is 84.6 Å². The second kappa shape index (κ2) is 12.7. The minimum absolute atomic E-state index is 0.0840. The number of amides is 1. The highest BCUT2D eigenvalue weighted by atomic mass is 16.3. The number of hydrogen-bond acceptors (Lipinski definition) is 6. The Bertz CT molecular complexity index is 1750. The van der Waals surface area contributed by atoms with Gasteiger partial charge in [-0.1, -0.05) is 51.7 Å². The summed E-state index contributed by atoms with van der Waals surface area (Å²) in [6.07, 6.45) is 16.9. The zero-order valence-electron chi connectivity index (χ0n) is 25.1. The number of imidazole rings is 1. The zero-order valence-corrected chi connectivity index (χ0v) is 25.1. The average Bonchev–Trinajstić information content (AvgIpc) is 3.73. The minimum Gasteiger partial charge on any atom is -0.472 e. The second-order valence-corrected chi connectivity index (χ2v) is 11.7. The molecule has 0 radical (unpaired) electrons. The number of nitrogens with zero attached hydrogens (tertiary/aromatic N) is 4. The van der Waals surface area contributed by atoms with E-state index in [1.165, 1.54) is 6.42 Å². The predicted molar refractivity (Wildman–Crippen MR) is 171 cm³/mol. The van der Waals surface area contributed by atoms with Crippen molar-refractivity contribution in [2.45, 2.75) is 59.3 Å². The van der Waals surface area contributed by atoms with E-state index in [-0.39, 0.29) is 11.8 Å². The highest BCUT2D eigenvalue weighted by Crippen LogP contribution is 2.30. The summed E-state index contributed by atoms with van der Waals surface area (Å²) in [7, 11) is 0. The first-order chi connectivity index (χ1) is 21.0. The van der Waals surface area contributed by atoms with Gasteiger partial charge in [-0.15, -0.1) is 0 Å². The van der Waals surface area contributed by atoms with E-state index in [0.29, 0.717) is 18.3 Å². The maximum atomic E-state index is 12.9. The van der Waals surface area contributed by atoms with Gasteiger partial charge in [-0.2, -0.15) is 0 Å². The summed E-state index contributed by atoms with van der Waals surface area (Å²) in [5.74, 6) is 1.31. The molecule has 1 amide bonds. The lowest BCUT2D eigenvalue weighted by atomic mass is 9.88. The van der Waals surface area contributed by atoms with Crippen LogP contribution in [0.5, 0.6) is 0 Å². The molecule has 4 aromatic heterocycles. The van der Waals surface area contributed by atoms with Crippen LogP contribution >= 0.6 is 0 Å². The smallest absolute Gasteiger partial charge is 0.227 e. The van der Waals surface area contributed by atoms with Gasteiger partial charge in [0, 0.05) is 47.1 Å². The first kappa shape index (κ1) is 28.5. The molecule has 0 bridgehead atoms. The quantitative estimate of drug-likeness (QED) is 0.173. The molecule has 5 aromatic rings. The van der Waals surface area contributed by atoms with Crippen LogP contribution in [0.25, 0.3) is 33.3 Å². The Kier molecular flexibility index (Phi) is 8.45. The molecule has 1 fully saturated rings. The number of pyridine rings is 2. The Labute approximate surface area is 252 Å². The molecular formula is C35H38N6O2. The molecule has 1 aliphatic rings.